The molecule has 1 aliphatic carbocycles. The topological polar surface area (TPSA) is 64.0 Å². The minimum atomic E-state index is -0.186. The van der Waals surface area contributed by atoms with Crippen molar-refractivity contribution in [3.8, 4) is 11.5 Å². The summed E-state index contributed by atoms with van der Waals surface area (Å²) in [5.74, 6) is -0.286. The third-order valence-electron chi connectivity index (χ3n) is 6.39. The van der Waals surface area contributed by atoms with Crippen LogP contribution < -0.4 is 0 Å². The highest BCUT2D eigenvalue weighted by Gasteiger charge is 2.39. The molecule has 2 aliphatic rings. The van der Waals surface area contributed by atoms with E-state index in [0.29, 0.717) is 10.0 Å². The van der Waals surface area contributed by atoms with Crippen molar-refractivity contribution in [3.63, 3.8) is 0 Å². The van der Waals surface area contributed by atoms with E-state index < -0.39 is 0 Å². The standard InChI is InChI=1S/C23H26Cl2N2O3/c1-26(22(30)11-14-4-6-17(24)18(25)10-14)23-16-13-21(29)20(28)12-15(16)5-7-19(23)27-8-2-3-9-27/h4,6,10,12-13,19,23,28-29H,2-3,5,7-9,11H2,1H3. The van der Waals surface area contributed by atoms with Crippen molar-refractivity contribution in [3.05, 3.63) is 57.1 Å². The number of benzene rings is 2. The molecule has 2 atom stereocenters. The number of phenols is 2. The van der Waals surface area contributed by atoms with E-state index in [0.717, 1.165) is 55.5 Å². The molecule has 2 N–H and O–H groups in total. The fourth-order valence-electron chi connectivity index (χ4n) is 4.82. The summed E-state index contributed by atoms with van der Waals surface area (Å²) >= 11 is 12.1. The molecule has 4 rings (SSSR count). The number of phenolic OH excluding ortho intramolecular Hbond substituents is 2. The van der Waals surface area contributed by atoms with Crippen LogP contribution in [0.5, 0.6) is 11.5 Å². The summed E-state index contributed by atoms with van der Waals surface area (Å²) in [6.45, 7) is 2.05. The number of nitrogens with zero attached hydrogens (tertiary/aromatic N) is 2. The lowest BCUT2D eigenvalue weighted by Crippen LogP contribution is -2.48. The first-order valence-corrected chi connectivity index (χ1v) is 11.1. The summed E-state index contributed by atoms with van der Waals surface area (Å²) in [6, 6.07) is 8.51. The molecule has 1 amide bonds. The van der Waals surface area contributed by atoms with Crippen molar-refractivity contribution in [2.45, 2.75) is 44.2 Å². The number of carbonyl (C=O) groups excluding carboxylic acids is 1. The number of carbonyl (C=O) groups is 1. The van der Waals surface area contributed by atoms with Gasteiger partial charge >= 0.3 is 0 Å². The summed E-state index contributed by atoms with van der Waals surface area (Å²) < 4.78 is 0. The van der Waals surface area contributed by atoms with Gasteiger partial charge in [-0.15, -0.1) is 0 Å². The number of likely N-dealkylation sites (N-methyl/N-ethyl adjacent to an activating group) is 1. The monoisotopic (exact) mass is 448 g/mol. The van der Waals surface area contributed by atoms with E-state index in [4.69, 9.17) is 23.2 Å². The maximum absolute atomic E-state index is 13.2. The van der Waals surface area contributed by atoms with E-state index in [-0.39, 0.29) is 35.9 Å². The number of halogens is 2. The molecule has 0 radical (unpaired) electrons. The van der Waals surface area contributed by atoms with Crippen molar-refractivity contribution in [2.75, 3.05) is 20.1 Å². The maximum Gasteiger partial charge on any atom is 0.227 e. The fourth-order valence-corrected chi connectivity index (χ4v) is 5.14. The quantitative estimate of drug-likeness (QED) is 0.672. The second kappa shape index (κ2) is 8.66. The average molecular weight is 449 g/mol. The molecule has 1 aliphatic heterocycles. The largest absolute Gasteiger partial charge is 0.504 e. The Hall–Kier alpha value is -1.95. The number of aromatic hydroxyl groups is 2. The Morgan fingerprint density at radius 2 is 1.80 bits per heavy atom. The Balaban J connectivity index is 1.65. The van der Waals surface area contributed by atoms with E-state index >= 15 is 0 Å². The molecule has 1 heterocycles. The second-order valence-corrected chi connectivity index (χ2v) is 9.08. The molecule has 0 aromatic heterocycles. The predicted molar refractivity (Wildman–Crippen MR) is 118 cm³/mol. The molecule has 1 fully saturated rings. The van der Waals surface area contributed by atoms with Crippen LogP contribution in [0.15, 0.2) is 30.3 Å². The van der Waals surface area contributed by atoms with Gasteiger partial charge in [0, 0.05) is 13.1 Å². The van der Waals surface area contributed by atoms with Crippen molar-refractivity contribution in [1.82, 2.24) is 9.80 Å². The summed E-state index contributed by atoms with van der Waals surface area (Å²) in [5.41, 5.74) is 2.71. The highest BCUT2D eigenvalue weighted by atomic mass is 35.5. The highest BCUT2D eigenvalue weighted by molar-refractivity contribution is 6.42. The molecule has 5 nitrogen and oxygen atoms in total. The van der Waals surface area contributed by atoms with Gasteiger partial charge in [0.1, 0.15) is 0 Å². The number of hydrogen-bond donors (Lipinski definition) is 2. The molecule has 1 saturated heterocycles. The Labute approximate surface area is 186 Å². The lowest BCUT2D eigenvalue weighted by molar-refractivity contribution is -0.133. The molecule has 0 bridgehead atoms. The zero-order valence-electron chi connectivity index (χ0n) is 16.9. The maximum atomic E-state index is 13.2. The normalized spacial score (nSPS) is 21.4. The first-order valence-electron chi connectivity index (χ1n) is 10.3. The van der Waals surface area contributed by atoms with E-state index in [1.807, 2.05) is 13.1 Å². The van der Waals surface area contributed by atoms with E-state index in [1.165, 1.54) is 0 Å². The molecule has 160 valence electrons. The molecule has 2 unspecified atom stereocenters. The molecular weight excluding hydrogens is 423 g/mol. The minimum Gasteiger partial charge on any atom is -0.504 e. The van der Waals surface area contributed by atoms with Gasteiger partial charge in [0.15, 0.2) is 11.5 Å². The SMILES string of the molecule is CN(C(=O)Cc1ccc(Cl)c(Cl)c1)C1c2cc(O)c(O)cc2CCC1N1CCCC1. The van der Waals surface area contributed by atoms with Gasteiger partial charge in [-0.2, -0.15) is 0 Å². The fraction of sp³-hybridized carbons (Fsp3) is 0.435. The molecular formula is C23H26Cl2N2O3. The van der Waals surface area contributed by atoms with E-state index in [2.05, 4.69) is 4.90 Å². The lowest BCUT2D eigenvalue weighted by atomic mass is 9.82. The van der Waals surface area contributed by atoms with Crippen molar-refractivity contribution in [1.29, 1.82) is 0 Å². The number of rotatable bonds is 4. The lowest BCUT2D eigenvalue weighted by Gasteiger charge is -2.43. The van der Waals surface area contributed by atoms with Gasteiger partial charge in [0.25, 0.3) is 0 Å². The Morgan fingerprint density at radius 3 is 2.50 bits per heavy atom. The summed E-state index contributed by atoms with van der Waals surface area (Å²) in [4.78, 5) is 17.5. The van der Waals surface area contributed by atoms with Crippen molar-refractivity contribution in [2.24, 2.45) is 0 Å². The molecule has 30 heavy (non-hydrogen) atoms. The summed E-state index contributed by atoms with van der Waals surface area (Å²) in [6.07, 6.45) is 4.27. The van der Waals surface area contributed by atoms with Crippen LogP contribution in [0.25, 0.3) is 0 Å². The molecule has 7 heteroatoms. The van der Waals surface area contributed by atoms with Crippen LogP contribution >= 0.6 is 23.2 Å². The van der Waals surface area contributed by atoms with Crippen LogP contribution in [0.2, 0.25) is 10.0 Å². The van der Waals surface area contributed by atoms with Gasteiger partial charge < -0.3 is 15.1 Å². The molecule has 0 saturated carbocycles. The van der Waals surface area contributed by atoms with Crippen molar-refractivity contribution >= 4 is 29.1 Å². The Kier molecular flexibility index (Phi) is 6.14. The number of amides is 1. The van der Waals surface area contributed by atoms with Crippen LogP contribution in [0, 0.1) is 0 Å². The highest BCUT2D eigenvalue weighted by Crippen LogP contribution is 2.42. The molecule has 0 spiro atoms. The van der Waals surface area contributed by atoms with Gasteiger partial charge in [0.05, 0.1) is 22.5 Å². The molecule has 2 aromatic carbocycles. The third kappa shape index (κ3) is 4.11. The van der Waals surface area contributed by atoms with Gasteiger partial charge in [-0.25, -0.2) is 0 Å². The average Bonchev–Trinajstić information content (AvgIpc) is 3.25. The van der Waals surface area contributed by atoms with Crippen LogP contribution in [-0.4, -0.2) is 52.1 Å². The Morgan fingerprint density at radius 1 is 1.10 bits per heavy atom. The first kappa shape index (κ1) is 21.3. The number of aryl methyl sites for hydroxylation is 1. The molecule has 2 aromatic rings. The summed E-state index contributed by atoms with van der Waals surface area (Å²) in [5, 5.41) is 21.0. The van der Waals surface area contributed by atoms with Gasteiger partial charge in [0.2, 0.25) is 5.91 Å². The third-order valence-corrected chi connectivity index (χ3v) is 7.13. The predicted octanol–water partition coefficient (Wildman–Crippen LogP) is 4.56. The first-order chi connectivity index (χ1) is 14.3. The zero-order chi connectivity index (χ0) is 21.4. The van der Waals surface area contributed by atoms with Gasteiger partial charge in [-0.05, 0) is 79.7 Å². The van der Waals surface area contributed by atoms with Crippen molar-refractivity contribution < 1.29 is 15.0 Å². The number of fused-ring (bicyclic) bond motifs is 1. The van der Waals surface area contributed by atoms with Crippen LogP contribution in [0.1, 0.15) is 42.0 Å². The van der Waals surface area contributed by atoms with E-state index in [9.17, 15) is 15.0 Å². The Bertz CT molecular complexity index is 960. The number of likely N-dealkylation sites (tertiary alicyclic amines) is 1. The zero-order valence-corrected chi connectivity index (χ0v) is 18.5. The number of hydrogen-bond acceptors (Lipinski definition) is 4. The summed E-state index contributed by atoms with van der Waals surface area (Å²) in [7, 11) is 1.83. The van der Waals surface area contributed by atoms with Gasteiger partial charge in [-0.1, -0.05) is 29.3 Å². The van der Waals surface area contributed by atoms with E-state index in [1.54, 1.807) is 29.2 Å². The second-order valence-electron chi connectivity index (χ2n) is 8.26. The van der Waals surface area contributed by atoms with Crippen LogP contribution in [0.4, 0.5) is 0 Å². The van der Waals surface area contributed by atoms with Gasteiger partial charge in [-0.3, -0.25) is 9.69 Å². The smallest absolute Gasteiger partial charge is 0.227 e. The minimum absolute atomic E-state index is 0.0250. The van der Waals surface area contributed by atoms with Crippen LogP contribution in [0.3, 0.4) is 0 Å². The van der Waals surface area contributed by atoms with Crippen LogP contribution in [-0.2, 0) is 17.6 Å².